The number of aromatic nitrogens is 2. The van der Waals surface area contributed by atoms with Crippen LogP contribution in [0.25, 0.3) is 6.20 Å². The molecule has 2 fully saturated rings. The quantitative estimate of drug-likeness (QED) is 0.638. The Morgan fingerprint density at radius 2 is 1.97 bits per heavy atom. The zero-order chi connectivity index (χ0) is 24.9. The van der Waals surface area contributed by atoms with E-state index < -0.39 is 23.8 Å². The van der Waals surface area contributed by atoms with E-state index in [2.05, 4.69) is 4.98 Å². The molecular formula is C23H26F2N6O4. The van der Waals surface area contributed by atoms with Gasteiger partial charge in [-0.3, -0.25) is 20.1 Å². The van der Waals surface area contributed by atoms with Gasteiger partial charge in [0.2, 0.25) is 5.91 Å². The highest BCUT2D eigenvalue weighted by Crippen LogP contribution is 2.31. The molecule has 1 aromatic heterocycles. The molecule has 0 aliphatic carbocycles. The van der Waals surface area contributed by atoms with Crippen molar-refractivity contribution in [3.8, 4) is 0 Å². The van der Waals surface area contributed by atoms with E-state index in [9.17, 15) is 18.4 Å². The zero-order valence-corrected chi connectivity index (χ0v) is 19.2. The van der Waals surface area contributed by atoms with Crippen LogP contribution >= 0.6 is 0 Å². The van der Waals surface area contributed by atoms with Crippen molar-refractivity contribution in [3.05, 3.63) is 53.9 Å². The Bertz CT molecular complexity index is 1160. The van der Waals surface area contributed by atoms with Crippen molar-refractivity contribution in [2.75, 3.05) is 56.2 Å². The Kier molecular flexibility index (Phi) is 7.39. The number of ether oxygens (including phenoxy) is 2. The number of benzene rings is 1. The summed E-state index contributed by atoms with van der Waals surface area (Å²) in [5, 5.41) is 7.74. The van der Waals surface area contributed by atoms with Crippen molar-refractivity contribution in [1.82, 2.24) is 14.5 Å². The van der Waals surface area contributed by atoms with Gasteiger partial charge in [-0.2, -0.15) is 0 Å². The molecule has 1 atom stereocenters. The molecular weight excluding hydrogens is 462 g/mol. The number of halogens is 2. The van der Waals surface area contributed by atoms with Crippen molar-refractivity contribution >= 4 is 29.6 Å². The number of hydrogen-bond donors (Lipinski definition) is 1. The predicted molar refractivity (Wildman–Crippen MR) is 123 cm³/mol. The van der Waals surface area contributed by atoms with Crippen LogP contribution in [0, 0.1) is 17.0 Å². The molecule has 0 saturated carbocycles. The van der Waals surface area contributed by atoms with Crippen LogP contribution in [-0.2, 0) is 14.3 Å². The van der Waals surface area contributed by atoms with E-state index in [1.54, 1.807) is 34.5 Å². The number of rotatable bonds is 7. The van der Waals surface area contributed by atoms with E-state index in [0.29, 0.717) is 13.1 Å². The number of nitrogens with zero attached hydrogens (tertiary/aromatic N) is 5. The highest BCUT2D eigenvalue weighted by atomic mass is 19.1. The first kappa shape index (κ1) is 24.3. The molecule has 35 heavy (non-hydrogen) atoms. The van der Waals surface area contributed by atoms with Gasteiger partial charge in [0.05, 0.1) is 25.0 Å². The molecule has 2 aromatic rings. The van der Waals surface area contributed by atoms with Crippen LogP contribution in [0.1, 0.15) is 6.42 Å². The Labute approximate surface area is 200 Å². The average Bonchev–Trinajstić information content (AvgIpc) is 3.20. The maximum atomic E-state index is 14.9. The molecule has 2 aliphatic heterocycles. The zero-order valence-electron chi connectivity index (χ0n) is 19.2. The van der Waals surface area contributed by atoms with Crippen molar-refractivity contribution in [2.24, 2.45) is 0 Å². The molecule has 186 valence electrons. The van der Waals surface area contributed by atoms with E-state index in [0.717, 1.165) is 12.1 Å². The lowest BCUT2D eigenvalue weighted by atomic mass is 10.2. The third kappa shape index (κ3) is 5.48. The van der Waals surface area contributed by atoms with Gasteiger partial charge in [0.1, 0.15) is 17.3 Å². The van der Waals surface area contributed by atoms with Gasteiger partial charge in [-0.25, -0.2) is 13.6 Å². The molecule has 2 aliphatic rings. The standard InChI is InChI=1S/C23H26F2N6O4/c1-34-15-17-14-31(23(33)35-17)16-11-18(24)22(19(25)12-16)30-9-7-29(8-10-30)21(32)3-2-5-28-6-4-27-13-20(28)26/h2,4-6,11-13,17,26H,3,7-10,14-15H2,1H3/b5-2+,26-20?. The van der Waals surface area contributed by atoms with E-state index in [4.69, 9.17) is 14.9 Å². The van der Waals surface area contributed by atoms with E-state index in [1.165, 1.54) is 22.8 Å². The smallest absolute Gasteiger partial charge is 0.414 e. The Balaban J connectivity index is 1.36. The fraction of sp³-hybridized carbons (Fsp3) is 0.391. The molecule has 4 rings (SSSR count). The second kappa shape index (κ2) is 10.6. The third-order valence-electron chi connectivity index (χ3n) is 5.84. The first-order valence-corrected chi connectivity index (χ1v) is 11.1. The van der Waals surface area contributed by atoms with Gasteiger partial charge in [0, 0.05) is 70.4 Å². The minimum absolute atomic E-state index is 0.0795. The molecule has 1 aromatic carbocycles. The van der Waals surface area contributed by atoms with Crippen LogP contribution < -0.4 is 15.3 Å². The lowest BCUT2D eigenvalue weighted by Crippen LogP contribution is -2.49. The van der Waals surface area contributed by atoms with Gasteiger partial charge in [-0.15, -0.1) is 0 Å². The van der Waals surface area contributed by atoms with E-state index in [1.807, 2.05) is 0 Å². The van der Waals surface area contributed by atoms with Crippen molar-refractivity contribution in [1.29, 1.82) is 5.41 Å². The molecule has 1 N–H and O–H groups in total. The van der Waals surface area contributed by atoms with Crippen molar-refractivity contribution in [2.45, 2.75) is 12.5 Å². The van der Waals surface area contributed by atoms with Crippen LogP contribution in [-0.4, -0.2) is 79.0 Å². The lowest BCUT2D eigenvalue weighted by molar-refractivity contribution is -0.130. The maximum Gasteiger partial charge on any atom is 0.414 e. The number of carbonyl (C=O) groups is 2. The Hall–Kier alpha value is -3.80. The second-order valence-corrected chi connectivity index (χ2v) is 8.16. The van der Waals surface area contributed by atoms with Crippen molar-refractivity contribution in [3.63, 3.8) is 0 Å². The summed E-state index contributed by atoms with van der Waals surface area (Å²) in [5.74, 6) is -1.69. The second-order valence-electron chi connectivity index (χ2n) is 8.16. The normalized spacial score (nSPS) is 18.4. The molecule has 2 saturated heterocycles. The third-order valence-corrected chi connectivity index (χ3v) is 5.84. The van der Waals surface area contributed by atoms with Gasteiger partial charge in [-0.1, -0.05) is 6.08 Å². The summed E-state index contributed by atoms with van der Waals surface area (Å²) in [6, 6.07) is 2.24. The number of piperazine rings is 1. The fourth-order valence-corrected chi connectivity index (χ4v) is 4.09. The first-order chi connectivity index (χ1) is 16.9. The summed E-state index contributed by atoms with van der Waals surface area (Å²) in [6.45, 7) is 1.49. The summed E-state index contributed by atoms with van der Waals surface area (Å²) >= 11 is 0. The summed E-state index contributed by atoms with van der Waals surface area (Å²) in [6.07, 6.45) is 6.79. The maximum absolute atomic E-state index is 14.9. The molecule has 10 nitrogen and oxygen atoms in total. The number of carbonyl (C=O) groups excluding carboxylic acids is 2. The van der Waals surface area contributed by atoms with Gasteiger partial charge in [-0.05, 0) is 0 Å². The van der Waals surface area contributed by atoms with Crippen LogP contribution in [0.4, 0.5) is 25.0 Å². The van der Waals surface area contributed by atoms with Crippen LogP contribution in [0.15, 0.2) is 36.8 Å². The van der Waals surface area contributed by atoms with Crippen molar-refractivity contribution < 1.29 is 27.8 Å². The summed E-state index contributed by atoms with van der Waals surface area (Å²) < 4.78 is 41.5. The number of cyclic esters (lactones) is 1. The highest BCUT2D eigenvalue weighted by molar-refractivity contribution is 5.90. The summed E-state index contributed by atoms with van der Waals surface area (Å²) in [7, 11) is 1.48. The molecule has 2 amide bonds. The van der Waals surface area contributed by atoms with Crippen LogP contribution in [0.5, 0.6) is 0 Å². The van der Waals surface area contributed by atoms with Crippen LogP contribution in [0.2, 0.25) is 0 Å². The number of hydrogen-bond acceptors (Lipinski definition) is 7. The topological polar surface area (TPSA) is 104 Å². The molecule has 0 radical (unpaired) electrons. The molecule has 0 spiro atoms. The van der Waals surface area contributed by atoms with E-state index >= 15 is 0 Å². The Morgan fingerprint density at radius 3 is 2.63 bits per heavy atom. The largest absolute Gasteiger partial charge is 0.441 e. The van der Waals surface area contributed by atoms with Gasteiger partial charge < -0.3 is 23.8 Å². The molecule has 3 heterocycles. The number of amides is 2. The number of nitrogens with one attached hydrogen (secondary N) is 1. The average molecular weight is 488 g/mol. The molecule has 12 heteroatoms. The number of anilines is 2. The minimum Gasteiger partial charge on any atom is -0.441 e. The first-order valence-electron chi connectivity index (χ1n) is 11.1. The highest BCUT2D eigenvalue weighted by Gasteiger charge is 2.34. The van der Waals surface area contributed by atoms with Gasteiger partial charge >= 0.3 is 6.09 Å². The SMILES string of the molecule is COCC1CN(c2cc(F)c(N3CCN(C(=O)C/C=C/n4ccncc4=N)CC3)c(F)c2)C(=O)O1. The van der Waals surface area contributed by atoms with Crippen LogP contribution in [0.3, 0.4) is 0 Å². The summed E-state index contributed by atoms with van der Waals surface area (Å²) in [5.41, 5.74) is 0.0889. The summed E-state index contributed by atoms with van der Waals surface area (Å²) in [4.78, 5) is 32.8. The lowest BCUT2D eigenvalue weighted by Gasteiger charge is -2.36. The molecule has 1 unspecified atom stereocenters. The Morgan fingerprint density at radius 1 is 1.26 bits per heavy atom. The fourth-order valence-electron chi connectivity index (χ4n) is 4.09. The predicted octanol–water partition coefficient (Wildman–Crippen LogP) is 1.82. The van der Waals surface area contributed by atoms with Gasteiger partial charge in [0.25, 0.3) is 0 Å². The van der Waals surface area contributed by atoms with Gasteiger partial charge in [0.15, 0.2) is 11.6 Å². The number of methoxy groups -OCH3 is 1. The minimum atomic E-state index is -0.786. The molecule has 0 bridgehead atoms. The van der Waals surface area contributed by atoms with E-state index in [-0.39, 0.29) is 55.4 Å². The monoisotopic (exact) mass is 488 g/mol.